The van der Waals surface area contributed by atoms with Crippen LogP contribution in [0.1, 0.15) is 6.92 Å². The summed E-state index contributed by atoms with van der Waals surface area (Å²) in [6.07, 6.45) is 0. The highest BCUT2D eigenvalue weighted by atomic mass is 32.2. The molecule has 1 aromatic carbocycles. The first-order valence-corrected chi connectivity index (χ1v) is 7.81. The van der Waals surface area contributed by atoms with Gasteiger partial charge in [-0.05, 0) is 19.1 Å². The predicted molar refractivity (Wildman–Crippen MR) is 83.5 cm³/mol. The van der Waals surface area contributed by atoms with Crippen LogP contribution in [0.25, 0.3) is 0 Å². The minimum atomic E-state index is -0.318. The van der Waals surface area contributed by atoms with Crippen molar-refractivity contribution in [3.05, 3.63) is 24.3 Å². The summed E-state index contributed by atoms with van der Waals surface area (Å²) in [7, 11) is 2.98. The van der Waals surface area contributed by atoms with Gasteiger partial charge in [0.25, 0.3) is 0 Å². The van der Waals surface area contributed by atoms with Crippen molar-refractivity contribution >= 4 is 39.9 Å². The number of nitrogens with zero attached hydrogens (tertiary/aromatic N) is 2. The van der Waals surface area contributed by atoms with Crippen LogP contribution >= 0.6 is 23.1 Å². The van der Waals surface area contributed by atoms with Gasteiger partial charge in [0.15, 0.2) is 4.34 Å². The summed E-state index contributed by atoms with van der Waals surface area (Å²) < 4.78 is 10.6. The van der Waals surface area contributed by atoms with E-state index in [4.69, 9.17) is 4.74 Å². The lowest BCUT2D eigenvalue weighted by Gasteiger charge is -2.07. The average Bonchev–Trinajstić information content (AvgIpc) is 2.94. The molecular formula is C13H15N3O3S2. The predicted octanol–water partition coefficient (Wildman–Crippen LogP) is 2.94. The van der Waals surface area contributed by atoms with Crippen LogP contribution in [0.3, 0.4) is 0 Å². The second-order valence-corrected chi connectivity index (χ2v) is 6.55. The van der Waals surface area contributed by atoms with Crippen LogP contribution in [0.15, 0.2) is 28.6 Å². The molecule has 2 aromatic rings. The summed E-state index contributed by atoms with van der Waals surface area (Å²) in [5.41, 5.74) is 0.814. The summed E-state index contributed by atoms with van der Waals surface area (Å²) in [6.45, 7) is 1.77. The molecule has 6 nitrogen and oxygen atoms in total. The molecule has 0 aliphatic carbocycles. The number of rotatable bonds is 6. The number of aromatic nitrogens is 2. The van der Waals surface area contributed by atoms with Crippen molar-refractivity contribution in [3.63, 3.8) is 0 Å². The van der Waals surface area contributed by atoms with Crippen LogP contribution in [0.4, 0.5) is 10.8 Å². The SMILES string of the molecule is COC(=O)C(C)Sc1nnc(Nc2ccccc2OC)s1. The summed E-state index contributed by atoms with van der Waals surface area (Å²) >= 11 is 2.69. The topological polar surface area (TPSA) is 73.3 Å². The number of methoxy groups -OCH3 is 2. The summed E-state index contributed by atoms with van der Waals surface area (Å²) in [4.78, 5) is 11.4. The Morgan fingerprint density at radius 2 is 2.10 bits per heavy atom. The molecule has 1 unspecified atom stereocenters. The fourth-order valence-corrected chi connectivity index (χ4v) is 3.47. The van der Waals surface area contributed by atoms with Crippen molar-refractivity contribution in [2.24, 2.45) is 0 Å². The Morgan fingerprint density at radius 1 is 1.33 bits per heavy atom. The molecule has 0 bridgehead atoms. The van der Waals surface area contributed by atoms with Crippen LogP contribution in [-0.4, -0.2) is 35.6 Å². The number of hydrogen-bond donors (Lipinski definition) is 1. The van der Waals surface area contributed by atoms with Crippen molar-refractivity contribution in [3.8, 4) is 5.75 Å². The monoisotopic (exact) mass is 325 g/mol. The first-order chi connectivity index (χ1) is 10.1. The summed E-state index contributed by atoms with van der Waals surface area (Å²) in [6, 6.07) is 7.55. The van der Waals surface area contributed by atoms with Crippen LogP contribution in [-0.2, 0) is 9.53 Å². The number of hydrogen-bond acceptors (Lipinski definition) is 8. The first-order valence-electron chi connectivity index (χ1n) is 6.12. The number of benzene rings is 1. The lowest BCUT2D eigenvalue weighted by molar-refractivity contribution is -0.139. The van der Waals surface area contributed by atoms with Gasteiger partial charge in [-0.3, -0.25) is 4.79 Å². The zero-order valence-corrected chi connectivity index (χ0v) is 13.5. The van der Waals surface area contributed by atoms with E-state index in [0.29, 0.717) is 9.47 Å². The molecule has 1 atom stereocenters. The van der Waals surface area contributed by atoms with Gasteiger partial charge in [-0.2, -0.15) is 0 Å². The van der Waals surface area contributed by atoms with Crippen LogP contribution in [0, 0.1) is 0 Å². The Morgan fingerprint density at radius 3 is 2.81 bits per heavy atom. The number of nitrogens with one attached hydrogen (secondary N) is 1. The number of carbonyl (C=O) groups excluding carboxylic acids is 1. The van der Waals surface area contributed by atoms with Crippen molar-refractivity contribution < 1.29 is 14.3 Å². The van der Waals surface area contributed by atoms with E-state index < -0.39 is 0 Å². The molecule has 8 heteroatoms. The molecule has 0 aliphatic rings. The molecule has 2 rings (SSSR count). The van der Waals surface area contributed by atoms with Crippen molar-refractivity contribution in [1.29, 1.82) is 0 Å². The van der Waals surface area contributed by atoms with Gasteiger partial charge in [-0.1, -0.05) is 35.2 Å². The maximum absolute atomic E-state index is 11.4. The number of carbonyl (C=O) groups is 1. The number of anilines is 2. The maximum Gasteiger partial charge on any atom is 0.318 e. The lowest BCUT2D eigenvalue weighted by atomic mass is 10.3. The summed E-state index contributed by atoms with van der Waals surface area (Å²) in [5, 5.41) is 11.6. The van der Waals surface area contributed by atoms with E-state index in [1.807, 2.05) is 24.3 Å². The average molecular weight is 325 g/mol. The number of ether oxygens (including phenoxy) is 2. The van der Waals surface area contributed by atoms with E-state index in [9.17, 15) is 4.79 Å². The van der Waals surface area contributed by atoms with E-state index in [2.05, 4.69) is 20.3 Å². The van der Waals surface area contributed by atoms with Gasteiger partial charge in [0.2, 0.25) is 5.13 Å². The van der Waals surface area contributed by atoms with E-state index in [1.54, 1.807) is 14.0 Å². The molecule has 1 N–H and O–H groups in total. The molecule has 0 amide bonds. The smallest absolute Gasteiger partial charge is 0.318 e. The Kier molecular flexibility index (Phi) is 5.40. The number of esters is 1. The molecule has 0 spiro atoms. The van der Waals surface area contributed by atoms with Gasteiger partial charge < -0.3 is 14.8 Å². The number of thioether (sulfide) groups is 1. The molecule has 112 valence electrons. The third kappa shape index (κ3) is 4.08. The van der Waals surface area contributed by atoms with Crippen LogP contribution < -0.4 is 10.1 Å². The second-order valence-electron chi connectivity index (χ2n) is 3.98. The Labute approximate surface area is 130 Å². The van der Waals surface area contributed by atoms with Gasteiger partial charge in [0.05, 0.1) is 19.9 Å². The van der Waals surface area contributed by atoms with Crippen molar-refractivity contribution in [2.45, 2.75) is 16.5 Å². The molecule has 1 heterocycles. The van der Waals surface area contributed by atoms with Crippen LogP contribution in [0.2, 0.25) is 0 Å². The normalized spacial score (nSPS) is 11.8. The molecule has 0 radical (unpaired) electrons. The van der Waals surface area contributed by atoms with Crippen LogP contribution in [0.5, 0.6) is 5.75 Å². The molecule has 1 aromatic heterocycles. The van der Waals surface area contributed by atoms with Gasteiger partial charge in [0.1, 0.15) is 11.0 Å². The van der Waals surface area contributed by atoms with E-state index in [1.165, 1.54) is 30.2 Å². The Balaban J connectivity index is 2.05. The number of para-hydroxylation sites is 2. The van der Waals surface area contributed by atoms with Gasteiger partial charge >= 0.3 is 5.97 Å². The maximum atomic E-state index is 11.4. The van der Waals surface area contributed by atoms with Gasteiger partial charge in [-0.25, -0.2) is 0 Å². The zero-order chi connectivity index (χ0) is 15.2. The van der Waals surface area contributed by atoms with E-state index in [0.717, 1.165) is 11.4 Å². The molecular weight excluding hydrogens is 310 g/mol. The summed E-state index contributed by atoms with van der Waals surface area (Å²) in [5.74, 6) is 0.444. The highest BCUT2D eigenvalue weighted by Gasteiger charge is 2.17. The third-order valence-corrected chi connectivity index (χ3v) is 4.57. The quantitative estimate of drug-likeness (QED) is 0.646. The first kappa shape index (κ1) is 15.6. The minimum Gasteiger partial charge on any atom is -0.495 e. The highest BCUT2D eigenvalue weighted by molar-refractivity contribution is 8.02. The molecule has 0 aliphatic heterocycles. The van der Waals surface area contributed by atoms with Gasteiger partial charge in [-0.15, -0.1) is 10.2 Å². The van der Waals surface area contributed by atoms with E-state index >= 15 is 0 Å². The van der Waals surface area contributed by atoms with Crippen molar-refractivity contribution in [1.82, 2.24) is 10.2 Å². The largest absolute Gasteiger partial charge is 0.495 e. The van der Waals surface area contributed by atoms with E-state index in [-0.39, 0.29) is 11.2 Å². The molecule has 0 saturated carbocycles. The van der Waals surface area contributed by atoms with Gasteiger partial charge in [0, 0.05) is 0 Å². The fourth-order valence-electron chi connectivity index (χ4n) is 1.54. The molecule has 21 heavy (non-hydrogen) atoms. The minimum absolute atomic E-state index is 0.283. The highest BCUT2D eigenvalue weighted by Crippen LogP contribution is 2.33. The fraction of sp³-hybridized carbons (Fsp3) is 0.308. The zero-order valence-electron chi connectivity index (χ0n) is 11.8. The van der Waals surface area contributed by atoms with Crippen molar-refractivity contribution in [2.75, 3.05) is 19.5 Å². The third-order valence-electron chi connectivity index (χ3n) is 2.57. The standard InChI is InChI=1S/C13H15N3O3S2/c1-8(11(17)19-3)20-13-16-15-12(21-13)14-9-6-4-5-7-10(9)18-2/h4-8H,1-3H3,(H,14,15). The Hall–Kier alpha value is -1.80. The second kappa shape index (κ2) is 7.28. The molecule has 0 fully saturated rings. The molecule has 0 saturated heterocycles. The Bertz CT molecular complexity index is 618. The lowest BCUT2D eigenvalue weighted by Crippen LogP contribution is -2.14.